The maximum absolute atomic E-state index is 12.1. The molecule has 0 fully saturated rings. The van der Waals surface area contributed by atoms with Crippen molar-refractivity contribution in [3.63, 3.8) is 0 Å². The van der Waals surface area contributed by atoms with Crippen molar-refractivity contribution in [3.05, 3.63) is 12.2 Å². The molecule has 0 saturated carbocycles. The molecule has 0 bridgehead atoms. The van der Waals surface area contributed by atoms with E-state index >= 15 is 0 Å². The average Bonchev–Trinajstić information content (AvgIpc) is 2.81. The molecule has 0 spiro atoms. The Morgan fingerprint density at radius 1 is 0.811 bits per heavy atom. The number of hydrogen-bond acceptors (Lipinski definition) is 7. The second-order valence-electron chi connectivity index (χ2n) is 9.67. The van der Waals surface area contributed by atoms with Gasteiger partial charge in [-0.1, -0.05) is 70.4 Å². The fourth-order valence-corrected chi connectivity index (χ4v) is 4.03. The van der Waals surface area contributed by atoms with Gasteiger partial charge in [-0.3, -0.25) is 14.4 Å². The van der Waals surface area contributed by atoms with E-state index in [1.165, 1.54) is 38.5 Å². The van der Waals surface area contributed by atoms with Gasteiger partial charge >= 0.3 is 23.9 Å². The zero-order valence-electron chi connectivity index (χ0n) is 22.1. The minimum Gasteiger partial charge on any atom is -0.481 e. The monoisotopic (exact) mass is 530 g/mol. The molecule has 0 aromatic rings. The van der Waals surface area contributed by atoms with Crippen molar-refractivity contribution in [3.8, 4) is 0 Å². The predicted molar refractivity (Wildman–Crippen MR) is 137 cm³/mol. The number of hydrogen-bond donors (Lipinski definition) is 5. The molecule has 214 valence electrons. The summed E-state index contributed by atoms with van der Waals surface area (Å²) in [5, 5.41) is 46.7. The van der Waals surface area contributed by atoms with Crippen molar-refractivity contribution < 1.29 is 49.4 Å². The molecule has 0 rings (SSSR count). The summed E-state index contributed by atoms with van der Waals surface area (Å²) in [6, 6.07) is 0. The topological polar surface area (TPSA) is 179 Å². The lowest BCUT2D eigenvalue weighted by Crippen LogP contribution is -2.43. The van der Waals surface area contributed by atoms with E-state index in [-0.39, 0.29) is 6.42 Å². The van der Waals surface area contributed by atoms with Gasteiger partial charge in [-0.25, -0.2) is 4.79 Å². The maximum Gasteiger partial charge on any atom is 0.336 e. The van der Waals surface area contributed by atoms with E-state index in [0.29, 0.717) is 12.8 Å². The first-order valence-electron chi connectivity index (χ1n) is 13.4. The number of ether oxygens (including phenoxy) is 1. The van der Waals surface area contributed by atoms with E-state index in [0.717, 1.165) is 32.1 Å². The second-order valence-corrected chi connectivity index (χ2v) is 9.67. The Labute approximate surface area is 219 Å². The van der Waals surface area contributed by atoms with Crippen LogP contribution in [-0.2, 0) is 23.9 Å². The fraction of sp³-hybridized carbons (Fsp3) is 0.778. The molecule has 0 aromatic heterocycles. The number of aliphatic hydroxyl groups excluding tert-OH is 1. The number of carboxylic acid groups (broad SMARTS) is 3. The first-order valence-corrected chi connectivity index (χ1v) is 13.4. The Bertz CT molecular complexity index is 705. The third-order valence-electron chi connectivity index (χ3n) is 6.24. The van der Waals surface area contributed by atoms with Crippen LogP contribution in [0.3, 0.4) is 0 Å². The molecule has 0 aliphatic carbocycles. The standard InChI is InChI=1S/C27H46O10/c1-2-3-4-5-6-7-8-9-10-11-12-13-14-15-16-21(25(32)33)17-22(20-28)37-24(31)19-27(36,26(34)35)18-23(29)30/h9-10,21-22,28,36H,2-8,11-20H2,1H3,(H,29,30)(H,32,33)(H,34,35). The van der Waals surface area contributed by atoms with Crippen LogP contribution in [0.4, 0.5) is 0 Å². The zero-order valence-corrected chi connectivity index (χ0v) is 22.1. The highest BCUT2D eigenvalue weighted by atomic mass is 16.6. The SMILES string of the molecule is CCCCCCCCC=CCCCCCCC(CC(CO)OC(=O)CC(O)(CC(=O)O)C(=O)O)C(=O)O. The van der Waals surface area contributed by atoms with Gasteiger partial charge in [0, 0.05) is 0 Å². The maximum atomic E-state index is 12.1. The van der Waals surface area contributed by atoms with Gasteiger partial charge in [0.25, 0.3) is 0 Å². The Morgan fingerprint density at radius 2 is 1.35 bits per heavy atom. The quantitative estimate of drug-likeness (QED) is 0.0686. The largest absolute Gasteiger partial charge is 0.481 e. The molecule has 0 heterocycles. The van der Waals surface area contributed by atoms with Crippen LogP contribution in [0.25, 0.3) is 0 Å². The predicted octanol–water partition coefficient (Wildman–Crippen LogP) is 4.31. The number of carbonyl (C=O) groups excluding carboxylic acids is 1. The van der Waals surface area contributed by atoms with Crippen molar-refractivity contribution in [2.45, 2.75) is 121 Å². The smallest absolute Gasteiger partial charge is 0.336 e. The number of rotatable bonds is 24. The van der Waals surface area contributed by atoms with Crippen LogP contribution >= 0.6 is 0 Å². The van der Waals surface area contributed by atoms with Crippen molar-refractivity contribution in [2.24, 2.45) is 5.92 Å². The molecule has 0 aliphatic heterocycles. The highest BCUT2D eigenvalue weighted by Gasteiger charge is 2.42. The number of aliphatic carboxylic acids is 3. The summed E-state index contributed by atoms with van der Waals surface area (Å²) in [5.41, 5.74) is -2.86. The highest BCUT2D eigenvalue weighted by Crippen LogP contribution is 2.21. The molecule has 3 unspecified atom stereocenters. The van der Waals surface area contributed by atoms with Crippen molar-refractivity contribution in [2.75, 3.05) is 6.61 Å². The number of unbranched alkanes of at least 4 members (excludes halogenated alkanes) is 10. The van der Waals surface area contributed by atoms with E-state index in [9.17, 15) is 34.5 Å². The first kappa shape index (κ1) is 34.5. The molecule has 0 radical (unpaired) electrons. The number of esters is 1. The van der Waals surface area contributed by atoms with Crippen LogP contribution in [-0.4, -0.2) is 67.7 Å². The van der Waals surface area contributed by atoms with Gasteiger partial charge in [0.1, 0.15) is 6.10 Å². The molecule has 0 saturated heterocycles. The molecule has 5 N–H and O–H groups in total. The highest BCUT2D eigenvalue weighted by molar-refractivity contribution is 5.88. The number of carbonyl (C=O) groups is 4. The molecule has 10 heteroatoms. The Morgan fingerprint density at radius 3 is 1.84 bits per heavy atom. The van der Waals surface area contributed by atoms with E-state index in [1.807, 2.05) is 0 Å². The third-order valence-corrected chi connectivity index (χ3v) is 6.24. The number of aliphatic hydroxyl groups is 2. The molecule has 10 nitrogen and oxygen atoms in total. The summed E-state index contributed by atoms with van der Waals surface area (Å²) in [5.74, 6) is -6.73. The second kappa shape index (κ2) is 20.6. The van der Waals surface area contributed by atoms with Crippen LogP contribution in [0.15, 0.2) is 12.2 Å². The molecular weight excluding hydrogens is 484 g/mol. The summed E-state index contributed by atoms with van der Waals surface area (Å²) < 4.78 is 4.96. The minimum absolute atomic E-state index is 0.177. The minimum atomic E-state index is -2.86. The van der Waals surface area contributed by atoms with Crippen molar-refractivity contribution >= 4 is 23.9 Å². The third kappa shape index (κ3) is 17.6. The Balaban J connectivity index is 4.31. The van der Waals surface area contributed by atoms with Crippen LogP contribution < -0.4 is 0 Å². The lowest BCUT2D eigenvalue weighted by atomic mass is 9.94. The summed E-state index contributed by atoms with van der Waals surface area (Å²) in [4.78, 5) is 45.7. The summed E-state index contributed by atoms with van der Waals surface area (Å²) in [7, 11) is 0. The fourth-order valence-electron chi connectivity index (χ4n) is 4.03. The summed E-state index contributed by atoms with van der Waals surface area (Å²) >= 11 is 0. The van der Waals surface area contributed by atoms with E-state index in [4.69, 9.17) is 14.9 Å². The van der Waals surface area contributed by atoms with Gasteiger partial charge in [0.05, 0.1) is 25.4 Å². The Hall–Kier alpha value is -2.46. The normalized spacial score (nSPS) is 14.7. The molecule has 0 amide bonds. The van der Waals surface area contributed by atoms with Crippen LogP contribution in [0.1, 0.15) is 110 Å². The van der Waals surface area contributed by atoms with Gasteiger partial charge in [-0.15, -0.1) is 0 Å². The van der Waals surface area contributed by atoms with E-state index < -0.39 is 60.9 Å². The van der Waals surface area contributed by atoms with Crippen molar-refractivity contribution in [1.29, 1.82) is 0 Å². The van der Waals surface area contributed by atoms with Gasteiger partial charge in [-0.05, 0) is 38.5 Å². The number of allylic oxidation sites excluding steroid dienone is 2. The zero-order chi connectivity index (χ0) is 28.1. The van der Waals surface area contributed by atoms with Crippen molar-refractivity contribution in [1.82, 2.24) is 0 Å². The van der Waals surface area contributed by atoms with E-state index in [2.05, 4.69) is 19.1 Å². The molecular formula is C27H46O10. The summed E-state index contributed by atoms with van der Waals surface area (Å²) in [6.45, 7) is 1.52. The molecule has 3 atom stereocenters. The van der Waals surface area contributed by atoms with Crippen LogP contribution in [0.2, 0.25) is 0 Å². The van der Waals surface area contributed by atoms with Gasteiger partial charge in [-0.2, -0.15) is 0 Å². The number of carboxylic acids is 3. The lowest BCUT2D eigenvalue weighted by molar-refractivity contribution is -0.175. The van der Waals surface area contributed by atoms with Gasteiger partial charge in [0.2, 0.25) is 0 Å². The first-order chi connectivity index (χ1) is 17.6. The summed E-state index contributed by atoms with van der Waals surface area (Å²) in [6.07, 6.45) is 14.3. The van der Waals surface area contributed by atoms with Crippen LogP contribution in [0.5, 0.6) is 0 Å². The Kier molecular flexibility index (Phi) is 19.2. The van der Waals surface area contributed by atoms with Gasteiger partial charge < -0.3 is 30.3 Å². The molecule has 37 heavy (non-hydrogen) atoms. The molecule has 0 aliphatic rings. The molecule has 0 aromatic carbocycles. The van der Waals surface area contributed by atoms with Crippen LogP contribution in [0, 0.1) is 5.92 Å². The van der Waals surface area contributed by atoms with E-state index in [1.54, 1.807) is 0 Å². The lowest BCUT2D eigenvalue weighted by Gasteiger charge is -2.23. The van der Waals surface area contributed by atoms with Gasteiger partial charge in [0.15, 0.2) is 5.60 Å². The average molecular weight is 531 g/mol.